The predicted octanol–water partition coefficient (Wildman–Crippen LogP) is 4.41. The average Bonchev–Trinajstić information content (AvgIpc) is 3.90. The van der Waals surface area contributed by atoms with E-state index in [1.807, 2.05) is 50.1 Å². The lowest BCUT2D eigenvalue weighted by Crippen LogP contribution is -2.81. The van der Waals surface area contributed by atoms with Crippen molar-refractivity contribution in [3.8, 4) is 5.75 Å². The Morgan fingerprint density at radius 3 is 2.38 bits per heavy atom. The quantitative estimate of drug-likeness (QED) is 0.176. The molecule has 1 spiro atoms. The first-order chi connectivity index (χ1) is 28.2. The van der Waals surface area contributed by atoms with E-state index in [0.29, 0.717) is 82.6 Å². The van der Waals surface area contributed by atoms with Gasteiger partial charge in [0.15, 0.2) is 6.10 Å². The largest absolute Gasteiger partial charge is 0.496 e. The van der Waals surface area contributed by atoms with E-state index < -0.39 is 57.5 Å². The molecule has 3 N–H and O–H groups in total. The number of para-hydroxylation sites is 1. The van der Waals surface area contributed by atoms with E-state index >= 15 is 4.79 Å². The molecule has 6 aliphatic rings. The number of aromatic amines is 1. The summed E-state index contributed by atoms with van der Waals surface area (Å²) >= 11 is 0. The summed E-state index contributed by atoms with van der Waals surface area (Å²) in [5.41, 5.74) is -1.62. The molecule has 324 valence electrons. The third-order valence-electron chi connectivity index (χ3n) is 15.6. The number of ether oxygens (including phenoxy) is 4. The van der Waals surface area contributed by atoms with Crippen molar-refractivity contribution in [2.24, 2.45) is 11.3 Å². The van der Waals surface area contributed by atoms with Crippen molar-refractivity contribution in [1.29, 1.82) is 0 Å². The fourth-order valence-electron chi connectivity index (χ4n) is 13.5. The smallest absolute Gasteiger partial charge is 0.344 e. The van der Waals surface area contributed by atoms with Gasteiger partial charge in [-0.25, -0.2) is 4.79 Å². The number of benzene rings is 2. The minimum Gasteiger partial charge on any atom is -0.496 e. The molecule has 60 heavy (non-hydrogen) atoms. The second kappa shape index (κ2) is 14.8. The van der Waals surface area contributed by atoms with Gasteiger partial charge in [-0.05, 0) is 74.2 Å². The number of carbonyl (C=O) groups is 3. The molecular formula is C46H59ClN4O9. The highest BCUT2D eigenvalue weighted by atomic mass is 35.5. The summed E-state index contributed by atoms with van der Waals surface area (Å²) in [6, 6.07) is 11.0. The Morgan fingerprint density at radius 1 is 0.950 bits per heavy atom. The van der Waals surface area contributed by atoms with Crippen LogP contribution in [-0.4, -0.2) is 133 Å². The van der Waals surface area contributed by atoms with Crippen LogP contribution in [0.2, 0.25) is 0 Å². The second-order valence-corrected chi connectivity index (χ2v) is 18.2. The lowest BCUT2D eigenvalue weighted by Gasteiger charge is -2.63. The number of rotatable bonds is 7. The normalized spacial score (nSPS) is 36.4. The van der Waals surface area contributed by atoms with E-state index in [9.17, 15) is 19.8 Å². The van der Waals surface area contributed by atoms with Crippen molar-refractivity contribution in [3.05, 3.63) is 70.9 Å². The van der Waals surface area contributed by atoms with Crippen molar-refractivity contribution in [2.75, 3.05) is 66.0 Å². The van der Waals surface area contributed by atoms with Crippen LogP contribution in [0.15, 0.2) is 48.6 Å². The summed E-state index contributed by atoms with van der Waals surface area (Å²) in [5, 5.41) is 26.3. The number of carbonyl (C=O) groups excluding carboxylic acids is 3. The zero-order valence-electron chi connectivity index (χ0n) is 35.7. The van der Waals surface area contributed by atoms with Gasteiger partial charge in [-0.2, -0.15) is 0 Å². The maximum Gasteiger partial charge on any atom is 0.344 e. The molecule has 1 aliphatic carbocycles. The molecule has 3 aromatic rings. The minimum atomic E-state index is -2.30. The zero-order valence-corrected chi connectivity index (χ0v) is 36.5. The van der Waals surface area contributed by atoms with Gasteiger partial charge in [0.1, 0.15) is 11.2 Å². The topological polar surface area (TPSA) is 154 Å². The lowest BCUT2D eigenvalue weighted by atomic mass is 9.47. The number of fused-ring (bicyclic) bond motifs is 6. The number of esters is 3. The maximum atomic E-state index is 15.3. The number of piperidine rings is 1. The van der Waals surface area contributed by atoms with Crippen LogP contribution in [0.1, 0.15) is 75.3 Å². The number of hydrogen-bond acceptors (Lipinski definition) is 12. The van der Waals surface area contributed by atoms with E-state index in [0.717, 1.165) is 33.4 Å². The molecule has 0 amide bonds. The number of nitrogens with one attached hydrogen (secondary N) is 1. The second-order valence-electron chi connectivity index (χ2n) is 18.2. The monoisotopic (exact) mass is 846 g/mol. The fraction of sp³-hybridized carbons (Fsp3) is 0.587. The molecule has 3 fully saturated rings. The van der Waals surface area contributed by atoms with E-state index in [2.05, 4.69) is 39.1 Å². The first kappa shape index (κ1) is 42.5. The highest BCUT2D eigenvalue weighted by Crippen LogP contribution is 2.68. The molecule has 14 heteroatoms. The first-order valence-corrected chi connectivity index (χ1v) is 21.2. The lowest BCUT2D eigenvalue weighted by molar-refractivity contribution is -0.228. The Labute approximate surface area is 357 Å². The molecule has 0 radical (unpaired) electrons. The molecule has 2 aromatic carbocycles. The predicted molar refractivity (Wildman–Crippen MR) is 228 cm³/mol. The molecule has 2 bridgehead atoms. The van der Waals surface area contributed by atoms with Gasteiger partial charge in [0, 0.05) is 90.9 Å². The molecule has 10 atom stereocenters. The summed E-state index contributed by atoms with van der Waals surface area (Å²) in [6.45, 7) is 8.62. The van der Waals surface area contributed by atoms with Gasteiger partial charge in [0.05, 0.1) is 33.0 Å². The molecule has 13 nitrogen and oxygen atoms in total. The molecule has 1 unspecified atom stereocenters. The summed E-state index contributed by atoms with van der Waals surface area (Å²) in [4.78, 5) is 53.2. The molecule has 6 heterocycles. The van der Waals surface area contributed by atoms with Crippen molar-refractivity contribution in [2.45, 2.75) is 99.5 Å². The van der Waals surface area contributed by atoms with E-state index in [-0.39, 0.29) is 24.4 Å². The van der Waals surface area contributed by atoms with Crippen LogP contribution in [0.5, 0.6) is 5.75 Å². The molecule has 5 aliphatic heterocycles. The number of halogens is 1. The Morgan fingerprint density at radius 2 is 1.70 bits per heavy atom. The standard InChI is InChI=1S/C46H58N4O9.ClH/c1-8-42(54)23-28-24-45(40(52)57-6,36-30(15-19-49(25-28)26-42)29-13-10-11-14-33(29)47-36)32-21-31-34(22-35(32)56-5)48(4)38-44(31)17-20-50-18-12-16-43(9-2,37(44)50)39(59-27(3)51)46(38,55)41(53)58-7;/h10-14,16,21-22,28,37-39,47,54-55H,8-9,15,17-20,23-26H2,1-7H3;1H/t28-,37-,38+,39+,42-,43+,44+,45-,46-;/m0./s1. The van der Waals surface area contributed by atoms with Gasteiger partial charge < -0.3 is 39.0 Å². The Kier molecular flexibility index (Phi) is 10.5. The molecule has 1 saturated carbocycles. The van der Waals surface area contributed by atoms with Crippen molar-refractivity contribution in [3.63, 3.8) is 0 Å². The molecule has 2 saturated heterocycles. The zero-order chi connectivity index (χ0) is 41.9. The maximum absolute atomic E-state index is 15.3. The number of anilines is 1. The Bertz CT molecular complexity index is 2260. The van der Waals surface area contributed by atoms with Crippen molar-refractivity contribution >= 4 is 46.9 Å². The Balaban J connectivity index is 0.00000499. The first-order valence-electron chi connectivity index (χ1n) is 21.2. The average molecular weight is 847 g/mol. The van der Waals surface area contributed by atoms with Crippen molar-refractivity contribution < 1.29 is 43.5 Å². The van der Waals surface area contributed by atoms with Gasteiger partial charge >= 0.3 is 17.9 Å². The number of H-pyrrole nitrogens is 1. The van der Waals surface area contributed by atoms with Gasteiger partial charge in [-0.3, -0.25) is 19.4 Å². The Hall–Kier alpha value is -4.14. The number of hydrogen-bond donors (Lipinski definition) is 3. The van der Waals surface area contributed by atoms with E-state index in [1.165, 1.54) is 21.1 Å². The highest BCUT2D eigenvalue weighted by molar-refractivity contribution is 5.95. The van der Waals surface area contributed by atoms with Crippen LogP contribution in [0.4, 0.5) is 5.69 Å². The summed E-state index contributed by atoms with van der Waals surface area (Å²) in [7, 11) is 6.15. The van der Waals surface area contributed by atoms with Crippen LogP contribution < -0.4 is 9.64 Å². The molecule has 9 rings (SSSR count). The van der Waals surface area contributed by atoms with Crippen molar-refractivity contribution in [1.82, 2.24) is 14.8 Å². The molecular weight excluding hydrogens is 788 g/mol. The third kappa shape index (κ3) is 5.47. The molecule has 1 aromatic heterocycles. The van der Waals surface area contributed by atoms with Gasteiger partial charge in [0.2, 0.25) is 5.60 Å². The minimum absolute atomic E-state index is 0. The van der Waals surface area contributed by atoms with E-state index in [1.54, 1.807) is 7.11 Å². The number of nitrogens with zero attached hydrogens (tertiary/aromatic N) is 3. The number of likely N-dealkylation sites (N-methyl/N-ethyl adjacent to an activating group) is 1. The van der Waals surface area contributed by atoms with Crippen LogP contribution in [0.3, 0.4) is 0 Å². The summed E-state index contributed by atoms with van der Waals surface area (Å²) in [5.74, 6) is -1.56. The van der Waals surface area contributed by atoms with Gasteiger partial charge in [-0.15, -0.1) is 12.4 Å². The third-order valence-corrected chi connectivity index (χ3v) is 15.6. The van der Waals surface area contributed by atoms with Gasteiger partial charge in [-0.1, -0.05) is 44.2 Å². The SMILES string of the molecule is CC[C@]1(O)C[C@@H]2CN(CCc3c([nH]c4ccccc34)[C@@](C(=O)OC)(c3cc4c(cc3OC)N(C)[C@H]3[C@@](O)(C(=O)OC)[C@H](OC(C)=O)[C@]5(CC)C=CCN6CC[C@]43[C@@H]65)C2)C1.Cl. The number of aliphatic hydroxyl groups is 2. The van der Waals surface area contributed by atoms with Gasteiger partial charge in [0.25, 0.3) is 0 Å². The van der Waals surface area contributed by atoms with Crippen LogP contribution in [0.25, 0.3) is 10.9 Å². The van der Waals surface area contributed by atoms with Crippen LogP contribution in [-0.2, 0) is 45.8 Å². The van der Waals surface area contributed by atoms with Crippen LogP contribution in [0, 0.1) is 11.3 Å². The highest BCUT2D eigenvalue weighted by Gasteiger charge is 2.80. The summed E-state index contributed by atoms with van der Waals surface area (Å²) < 4.78 is 23.9. The summed E-state index contributed by atoms with van der Waals surface area (Å²) in [6.07, 6.45) is 5.94. The van der Waals surface area contributed by atoms with Crippen LogP contribution >= 0.6 is 12.4 Å². The fourth-order valence-corrected chi connectivity index (χ4v) is 13.5. The number of aromatic nitrogens is 1. The number of methoxy groups -OCH3 is 3. The van der Waals surface area contributed by atoms with E-state index in [4.69, 9.17) is 18.9 Å².